The summed E-state index contributed by atoms with van der Waals surface area (Å²) in [5.74, 6) is 0.769. The molecule has 33 heavy (non-hydrogen) atoms. The van der Waals surface area contributed by atoms with Crippen LogP contribution in [0.1, 0.15) is 37.8 Å². The van der Waals surface area contributed by atoms with E-state index in [1.807, 2.05) is 67.3 Å². The molecule has 2 aromatic rings. The molecule has 2 fully saturated rings. The molecule has 2 aliphatic rings. The van der Waals surface area contributed by atoms with Crippen molar-refractivity contribution in [3.8, 4) is 5.75 Å². The summed E-state index contributed by atoms with van der Waals surface area (Å²) in [7, 11) is 1.65. The molecule has 7 heteroatoms. The van der Waals surface area contributed by atoms with Gasteiger partial charge in [0.15, 0.2) is 0 Å². The van der Waals surface area contributed by atoms with Crippen molar-refractivity contribution in [3.05, 3.63) is 64.7 Å². The molecule has 0 unspecified atom stereocenters. The highest BCUT2D eigenvalue weighted by molar-refractivity contribution is 6.30. The smallest absolute Gasteiger partial charge is 0.327 e. The van der Waals surface area contributed by atoms with Crippen molar-refractivity contribution in [2.45, 2.75) is 51.2 Å². The predicted molar refractivity (Wildman–Crippen MR) is 129 cm³/mol. The number of imide groups is 1. The van der Waals surface area contributed by atoms with Gasteiger partial charge in [0, 0.05) is 37.2 Å². The number of amides is 3. The van der Waals surface area contributed by atoms with E-state index in [1.165, 1.54) is 10.5 Å². The van der Waals surface area contributed by atoms with Crippen molar-refractivity contribution in [1.29, 1.82) is 0 Å². The summed E-state index contributed by atoms with van der Waals surface area (Å²) in [5, 5.41) is 0.729. The summed E-state index contributed by atoms with van der Waals surface area (Å²) in [4.78, 5) is 32.6. The van der Waals surface area contributed by atoms with Gasteiger partial charge in [-0.15, -0.1) is 0 Å². The van der Waals surface area contributed by atoms with E-state index in [2.05, 4.69) is 4.90 Å². The lowest BCUT2D eigenvalue weighted by molar-refractivity contribution is -0.136. The van der Waals surface area contributed by atoms with Crippen molar-refractivity contribution >= 4 is 23.5 Å². The van der Waals surface area contributed by atoms with Crippen LogP contribution in [0.5, 0.6) is 5.75 Å². The highest BCUT2D eigenvalue weighted by Gasteiger charge is 2.58. The van der Waals surface area contributed by atoms with Gasteiger partial charge in [0.25, 0.3) is 5.91 Å². The standard InChI is InChI=1S/C26H32ClN3O3/c1-19(2)30-24(31)26(13-16-28(17-14-26)18-21-4-8-22(27)9-5-21)29(25(30)32)15-12-20-6-10-23(33-3)11-7-20/h4-11,19H,12-18H2,1-3H3. The number of carbonyl (C=O) groups excluding carboxylic acids is 2. The van der Waals surface area contributed by atoms with Gasteiger partial charge in [-0.2, -0.15) is 0 Å². The Morgan fingerprint density at radius 3 is 2.15 bits per heavy atom. The van der Waals surface area contributed by atoms with Gasteiger partial charge < -0.3 is 9.64 Å². The molecule has 6 nitrogen and oxygen atoms in total. The summed E-state index contributed by atoms with van der Waals surface area (Å²) in [6, 6.07) is 15.5. The number of benzene rings is 2. The molecule has 0 aliphatic carbocycles. The average molecular weight is 470 g/mol. The minimum atomic E-state index is -0.746. The lowest BCUT2D eigenvalue weighted by atomic mass is 9.85. The van der Waals surface area contributed by atoms with E-state index in [0.717, 1.165) is 36.0 Å². The normalized spacial score (nSPS) is 18.6. The third-order valence-corrected chi connectivity index (χ3v) is 7.12. The zero-order valence-corrected chi connectivity index (χ0v) is 20.3. The van der Waals surface area contributed by atoms with Gasteiger partial charge in [-0.3, -0.25) is 14.6 Å². The molecule has 0 radical (unpaired) electrons. The molecule has 176 valence electrons. The first-order valence-electron chi connectivity index (χ1n) is 11.6. The number of likely N-dealkylation sites (tertiary alicyclic amines) is 1. The van der Waals surface area contributed by atoms with Gasteiger partial charge in [-0.25, -0.2) is 4.79 Å². The Labute approximate surface area is 201 Å². The first-order chi connectivity index (χ1) is 15.8. The van der Waals surface area contributed by atoms with E-state index in [1.54, 1.807) is 7.11 Å². The number of halogens is 1. The van der Waals surface area contributed by atoms with Gasteiger partial charge in [0.2, 0.25) is 0 Å². The highest BCUT2D eigenvalue weighted by Crippen LogP contribution is 2.38. The molecule has 0 atom stereocenters. The monoisotopic (exact) mass is 469 g/mol. The molecule has 2 saturated heterocycles. The molecule has 1 spiro atoms. The Morgan fingerprint density at radius 2 is 1.58 bits per heavy atom. The van der Waals surface area contributed by atoms with Crippen LogP contribution >= 0.6 is 11.6 Å². The van der Waals surface area contributed by atoms with Crippen molar-refractivity contribution < 1.29 is 14.3 Å². The fourth-order valence-electron chi connectivity index (χ4n) is 4.95. The van der Waals surface area contributed by atoms with Gasteiger partial charge in [-0.1, -0.05) is 35.9 Å². The van der Waals surface area contributed by atoms with E-state index in [0.29, 0.717) is 25.8 Å². The van der Waals surface area contributed by atoms with Gasteiger partial charge >= 0.3 is 6.03 Å². The Balaban J connectivity index is 1.48. The molecule has 0 bridgehead atoms. The maximum absolute atomic E-state index is 13.6. The van der Waals surface area contributed by atoms with Crippen molar-refractivity contribution in [2.24, 2.45) is 0 Å². The minimum absolute atomic E-state index is 0.0385. The number of methoxy groups -OCH3 is 1. The molecular weight excluding hydrogens is 438 g/mol. The van der Waals surface area contributed by atoms with Crippen LogP contribution in [0.3, 0.4) is 0 Å². The van der Waals surface area contributed by atoms with E-state index >= 15 is 0 Å². The third-order valence-electron chi connectivity index (χ3n) is 6.87. The van der Waals surface area contributed by atoms with Crippen molar-refractivity contribution in [1.82, 2.24) is 14.7 Å². The van der Waals surface area contributed by atoms with Crippen LogP contribution in [0.15, 0.2) is 48.5 Å². The first-order valence-corrected chi connectivity index (χ1v) is 12.0. The van der Waals surface area contributed by atoms with Gasteiger partial charge in [-0.05, 0) is 68.5 Å². The SMILES string of the molecule is COc1ccc(CCN2C(=O)N(C(C)C)C(=O)C23CCN(Cc2ccc(Cl)cc2)CC3)cc1. The fourth-order valence-corrected chi connectivity index (χ4v) is 5.08. The molecule has 4 rings (SSSR count). The van der Waals surface area contributed by atoms with Crippen molar-refractivity contribution in [2.75, 3.05) is 26.7 Å². The van der Waals surface area contributed by atoms with E-state index in [9.17, 15) is 9.59 Å². The largest absolute Gasteiger partial charge is 0.497 e. The summed E-state index contributed by atoms with van der Waals surface area (Å²) in [5.41, 5.74) is 1.57. The van der Waals surface area contributed by atoms with Crippen LogP contribution in [0.2, 0.25) is 5.02 Å². The lowest BCUT2D eigenvalue weighted by Crippen LogP contribution is -2.56. The van der Waals surface area contributed by atoms with Crippen LogP contribution in [-0.2, 0) is 17.8 Å². The topological polar surface area (TPSA) is 53.1 Å². The number of nitrogens with zero attached hydrogens (tertiary/aromatic N) is 3. The predicted octanol–water partition coefficient (Wildman–Crippen LogP) is 4.60. The molecule has 2 heterocycles. The number of urea groups is 1. The maximum Gasteiger partial charge on any atom is 0.327 e. The fraction of sp³-hybridized carbons (Fsp3) is 0.462. The van der Waals surface area contributed by atoms with E-state index in [-0.39, 0.29) is 18.0 Å². The third kappa shape index (κ3) is 4.73. The molecule has 2 aliphatic heterocycles. The molecule has 3 amide bonds. The second-order valence-electron chi connectivity index (χ2n) is 9.24. The molecular formula is C26H32ClN3O3. The number of hydrogen-bond acceptors (Lipinski definition) is 4. The first kappa shape index (κ1) is 23.6. The van der Waals surface area contributed by atoms with Gasteiger partial charge in [0.05, 0.1) is 7.11 Å². The Kier molecular flexibility index (Phi) is 6.96. The molecule has 0 aromatic heterocycles. The quantitative estimate of drug-likeness (QED) is 0.556. The van der Waals surface area contributed by atoms with Crippen LogP contribution in [0.4, 0.5) is 4.79 Å². The summed E-state index contributed by atoms with van der Waals surface area (Å²) >= 11 is 6.01. The van der Waals surface area contributed by atoms with E-state index in [4.69, 9.17) is 16.3 Å². The summed E-state index contributed by atoms with van der Waals surface area (Å²) in [6.45, 7) is 6.70. The summed E-state index contributed by atoms with van der Waals surface area (Å²) in [6.07, 6.45) is 2.00. The van der Waals surface area contributed by atoms with Gasteiger partial charge in [0.1, 0.15) is 11.3 Å². The van der Waals surface area contributed by atoms with Crippen LogP contribution in [0, 0.1) is 0 Å². The number of rotatable bonds is 7. The Hall–Kier alpha value is -2.57. The Bertz CT molecular complexity index is 983. The summed E-state index contributed by atoms with van der Waals surface area (Å²) < 4.78 is 5.24. The van der Waals surface area contributed by atoms with E-state index < -0.39 is 5.54 Å². The van der Waals surface area contributed by atoms with Crippen LogP contribution in [-0.4, -0.2) is 65.0 Å². The second kappa shape index (κ2) is 9.74. The number of ether oxygens (including phenoxy) is 1. The number of hydrogen-bond donors (Lipinski definition) is 0. The lowest BCUT2D eigenvalue weighted by Gasteiger charge is -2.42. The van der Waals surface area contributed by atoms with Crippen LogP contribution in [0.25, 0.3) is 0 Å². The minimum Gasteiger partial charge on any atom is -0.497 e. The van der Waals surface area contributed by atoms with Crippen molar-refractivity contribution in [3.63, 3.8) is 0 Å². The zero-order valence-electron chi connectivity index (χ0n) is 19.6. The number of carbonyl (C=O) groups is 2. The molecule has 0 N–H and O–H groups in total. The zero-order chi connectivity index (χ0) is 23.6. The molecule has 0 saturated carbocycles. The molecule has 2 aromatic carbocycles. The number of piperidine rings is 1. The average Bonchev–Trinajstić information content (AvgIpc) is 3.01. The maximum atomic E-state index is 13.6. The highest BCUT2D eigenvalue weighted by atomic mass is 35.5. The Morgan fingerprint density at radius 1 is 0.970 bits per heavy atom. The van der Waals surface area contributed by atoms with Crippen LogP contribution < -0.4 is 4.74 Å². The second-order valence-corrected chi connectivity index (χ2v) is 9.67.